The lowest BCUT2D eigenvalue weighted by atomic mass is 9.97. The maximum Gasteiger partial charge on any atom is 0.324 e. The number of amides is 2. The molecule has 2 aliphatic rings. The largest absolute Gasteiger partial charge is 0.344 e. The Bertz CT molecular complexity index is 728. The van der Waals surface area contributed by atoms with Crippen molar-refractivity contribution in [3.63, 3.8) is 0 Å². The van der Waals surface area contributed by atoms with Crippen LogP contribution in [0.3, 0.4) is 0 Å². The Morgan fingerprint density at radius 3 is 2.81 bits per heavy atom. The van der Waals surface area contributed by atoms with Crippen molar-refractivity contribution >= 4 is 46.3 Å². The molecule has 4 rings (SSSR count). The predicted molar refractivity (Wildman–Crippen MR) is 83.2 cm³/mol. The van der Waals surface area contributed by atoms with Crippen LogP contribution in [0.15, 0.2) is 29.6 Å². The molecule has 1 atom stereocenters. The minimum Gasteiger partial charge on any atom is -0.344 e. The molecular weight excluding hydrogens is 331 g/mol. The first kappa shape index (κ1) is 13.4. The van der Waals surface area contributed by atoms with Gasteiger partial charge >= 0.3 is 6.03 Å². The average molecular weight is 341 g/mol. The SMILES string of the molecule is O=C1Nc2ccsc2C2(c3cc(Cl)cc(Cl)c3)OCCN12. The summed E-state index contributed by atoms with van der Waals surface area (Å²) in [5.41, 5.74) is 0.621. The summed E-state index contributed by atoms with van der Waals surface area (Å²) in [4.78, 5) is 15.0. The Balaban J connectivity index is 2.01. The highest BCUT2D eigenvalue weighted by Gasteiger charge is 2.53. The van der Waals surface area contributed by atoms with E-state index in [-0.39, 0.29) is 6.03 Å². The van der Waals surface area contributed by atoms with E-state index in [0.29, 0.717) is 23.2 Å². The fourth-order valence-electron chi connectivity index (χ4n) is 2.93. The molecular formula is C14H10Cl2N2O2S. The van der Waals surface area contributed by atoms with Crippen LogP contribution in [0.1, 0.15) is 10.4 Å². The van der Waals surface area contributed by atoms with Gasteiger partial charge in [0.1, 0.15) is 0 Å². The van der Waals surface area contributed by atoms with Gasteiger partial charge in [0.05, 0.1) is 17.2 Å². The van der Waals surface area contributed by atoms with Crippen molar-refractivity contribution in [1.82, 2.24) is 4.90 Å². The van der Waals surface area contributed by atoms with Gasteiger partial charge in [-0.1, -0.05) is 23.2 Å². The van der Waals surface area contributed by atoms with Crippen LogP contribution < -0.4 is 5.32 Å². The summed E-state index contributed by atoms with van der Waals surface area (Å²) in [6.45, 7) is 0.988. The molecule has 1 fully saturated rings. The van der Waals surface area contributed by atoms with Crippen molar-refractivity contribution in [1.29, 1.82) is 0 Å². The van der Waals surface area contributed by atoms with Crippen molar-refractivity contribution in [2.45, 2.75) is 5.72 Å². The second-order valence-corrected chi connectivity index (χ2v) is 6.68. The van der Waals surface area contributed by atoms with Gasteiger partial charge in [0.2, 0.25) is 5.72 Å². The average Bonchev–Trinajstić information content (AvgIpc) is 3.03. The second-order valence-electron chi connectivity index (χ2n) is 4.90. The van der Waals surface area contributed by atoms with Gasteiger partial charge in [-0.05, 0) is 29.6 Å². The van der Waals surface area contributed by atoms with E-state index in [1.807, 2.05) is 11.4 Å². The molecule has 108 valence electrons. The molecule has 1 N–H and O–H groups in total. The minimum absolute atomic E-state index is 0.172. The van der Waals surface area contributed by atoms with E-state index >= 15 is 0 Å². The molecule has 1 unspecified atom stereocenters. The highest BCUT2D eigenvalue weighted by atomic mass is 35.5. The molecule has 7 heteroatoms. The summed E-state index contributed by atoms with van der Waals surface area (Å²) in [6, 6.07) is 6.97. The molecule has 4 nitrogen and oxygen atoms in total. The normalized spacial score (nSPS) is 23.7. The number of nitrogens with one attached hydrogen (secondary N) is 1. The summed E-state index contributed by atoms with van der Waals surface area (Å²) >= 11 is 13.8. The number of nitrogens with zero attached hydrogens (tertiary/aromatic N) is 1. The van der Waals surface area contributed by atoms with Crippen molar-refractivity contribution in [2.75, 3.05) is 18.5 Å². The second kappa shape index (κ2) is 4.61. The number of ether oxygens (including phenoxy) is 1. The Labute approximate surface area is 135 Å². The number of carbonyl (C=O) groups is 1. The van der Waals surface area contributed by atoms with Crippen LogP contribution in [0.5, 0.6) is 0 Å². The zero-order chi connectivity index (χ0) is 14.6. The van der Waals surface area contributed by atoms with E-state index in [1.165, 1.54) is 0 Å². The summed E-state index contributed by atoms with van der Waals surface area (Å²) in [5.74, 6) is 0. The number of hydrogen-bond acceptors (Lipinski definition) is 3. The number of thiophene rings is 1. The molecule has 1 saturated heterocycles. The molecule has 3 heterocycles. The molecule has 0 bridgehead atoms. The van der Waals surface area contributed by atoms with Crippen LogP contribution in [-0.4, -0.2) is 24.1 Å². The van der Waals surface area contributed by atoms with E-state index in [9.17, 15) is 4.79 Å². The van der Waals surface area contributed by atoms with Gasteiger partial charge in [0.25, 0.3) is 0 Å². The van der Waals surface area contributed by atoms with Gasteiger partial charge in [0.15, 0.2) is 0 Å². The van der Waals surface area contributed by atoms with Crippen LogP contribution in [0, 0.1) is 0 Å². The van der Waals surface area contributed by atoms with Crippen molar-refractivity contribution in [3.8, 4) is 0 Å². The third kappa shape index (κ3) is 1.82. The maximum atomic E-state index is 12.4. The van der Waals surface area contributed by atoms with E-state index in [2.05, 4.69) is 5.32 Å². The van der Waals surface area contributed by atoms with Gasteiger partial charge in [-0.15, -0.1) is 11.3 Å². The van der Waals surface area contributed by atoms with Gasteiger partial charge in [-0.3, -0.25) is 4.90 Å². The van der Waals surface area contributed by atoms with Gasteiger partial charge in [-0.25, -0.2) is 4.79 Å². The van der Waals surface area contributed by atoms with E-state index in [4.69, 9.17) is 27.9 Å². The van der Waals surface area contributed by atoms with Crippen LogP contribution in [-0.2, 0) is 10.5 Å². The highest BCUT2D eigenvalue weighted by molar-refractivity contribution is 7.10. The number of benzene rings is 1. The monoisotopic (exact) mass is 340 g/mol. The van der Waals surface area contributed by atoms with Crippen LogP contribution in [0.4, 0.5) is 10.5 Å². The quantitative estimate of drug-likeness (QED) is 0.847. The number of urea groups is 1. The molecule has 0 aliphatic carbocycles. The first-order chi connectivity index (χ1) is 10.1. The number of carbonyl (C=O) groups excluding carboxylic acids is 1. The van der Waals surface area contributed by atoms with E-state index < -0.39 is 5.72 Å². The minimum atomic E-state index is -0.930. The van der Waals surface area contributed by atoms with Crippen molar-refractivity contribution < 1.29 is 9.53 Å². The molecule has 2 aromatic rings. The van der Waals surface area contributed by atoms with Gasteiger partial charge < -0.3 is 10.1 Å². The van der Waals surface area contributed by atoms with Crippen LogP contribution in [0.25, 0.3) is 0 Å². The molecule has 2 aliphatic heterocycles. The number of rotatable bonds is 1. The zero-order valence-corrected chi connectivity index (χ0v) is 13.1. The number of halogens is 2. The number of anilines is 1. The van der Waals surface area contributed by atoms with Gasteiger partial charge in [-0.2, -0.15) is 0 Å². The van der Waals surface area contributed by atoms with Crippen LogP contribution in [0.2, 0.25) is 10.0 Å². The lowest BCUT2D eigenvalue weighted by Gasteiger charge is -2.40. The standard InChI is InChI=1S/C14H10Cl2N2O2S/c15-9-5-8(6-10(16)7-9)14-12-11(1-4-21-12)17-13(19)18(14)2-3-20-14/h1,4-7H,2-3H2,(H,17,19). The Morgan fingerprint density at radius 2 is 2.05 bits per heavy atom. The smallest absolute Gasteiger partial charge is 0.324 e. The molecule has 0 saturated carbocycles. The fourth-order valence-corrected chi connectivity index (χ4v) is 4.48. The molecule has 0 spiro atoms. The molecule has 1 aromatic carbocycles. The highest BCUT2D eigenvalue weighted by Crippen LogP contribution is 2.49. The third-order valence-electron chi connectivity index (χ3n) is 3.72. The lowest BCUT2D eigenvalue weighted by Crippen LogP contribution is -2.51. The zero-order valence-electron chi connectivity index (χ0n) is 10.7. The summed E-state index contributed by atoms with van der Waals surface area (Å²) in [6.07, 6.45) is 0. The number of fused-ring (bicyclic) bond motifs is 3. The molecule has 0 radical (unpaired) electrons. The van der Waals surface area contributed by atoms with Crippen molar-refractivity contribution in [3.05, 3.63) is 50.1 Å². The van der Waals surface area contributed by atoms with Crippen LogP contribution >= 0.6 is 34.5 Å². The summed E-state index contributed by atoms with van der Waals surface area (Å²) in [7, 11) is 0. The molecule has 1 aromatic heterocycles. The van der Waals surface area contributed by atoms with Crippen molar-refractivity contribution in [2.24, 2.45) is 0 Å². The molecule has 2 amide bonds. The molecule has 21 heavy (non-hydrogen) atoms. The first-order valence-electron chi connectivity index (χ1n) is 6.38. The fraction of sp³-hybridized carbons (Fsp3) is 0.214. The Morgan fingerprint density at radius 1 is 1.29 bits per heavy atom. The van der Waals surface area contributed by atoms with E-state index in [1.54, 1.807) is 34.4 Å². The lowest BCUT2D eigenvalue weighted by molar-refractivity contribution is -0.0294. The third-order valence-corrected chi connectivity index (χ3v) is 5.16. The summed E-state index contributed by atoms with van der Waals surface area (Å²) < 4.78 is 6.05. The predicted octanol–water partition coefficient (Wildman–Crippen LogP) is 4.13. The van der Waals surface area contributed by atoms with E-state index in [0.717, 1.165) is 16.1 Å². The number of hydrogen-bond donors (Lipinski definition) is 1. The first-order valence-corrected chi connectivity index (χ1v) is 8.02. The maximum absolute atomic E-state index is 12.4. The van der Waals surface area contributed by atoms with Gasteiger partial charge in [0, 0.05) is 22.2 Å². The Hall–Kier alpha value is -1.27. The Kier molecular flexibility index (Phi) is 2.94. The topological polar surface area (TPSA) is 41.6 Å². The summed E-state index contributed by atoms with van der Waals surface area (Å²) in [5, 5.41) is 5.86.